The number of nitrogens with one attached hydrogen (secondary N) is 3. The molecule has 0 aliphatic rings. The number of aliphatic carboxylic acids is 1. The highest BCUT2D eigenvalue weighted by Crippen LogP contribution is 2.15. The van der Waals surface area contributed by atoms with Crippen molar-refractivity contribution in [3.8, 4) is 0 Å². The lowest BCUT2D eigenvalue weighted by atomic mass is 10.1. The van der Waals surface area contributed by atoms with E-state index in [1.165, 1.54) is 6.92 Å². The third kappa shape index (κ3) is 5.98. The number of amides is 3. The Labute approximate surface area is 141 Å². The van der Waals surface area contributed by atoms with Crippen LogP contribution in [0.4, 0.5) is 4.79 Å². The molecule has 0 unspecified atom stereocenters. The number of carbonyl (C=O) groups is 3. The van der Waals surface area contributed by atoms with Gasteiger partial charge in [-0.15, -0.1) is 0 Å². The molecular weight excluding hydrogens is 338 g/mol. The average molecular weight is 359 g/mol. The fourth-order valence-electron chi connectivity index (χ4n) is 1.77. The fourth-order valence-corrected chi connectivity index (χ4v) is 1.77. The number of hydrogen-bond acceptors (Lipinski definition) is 8. The molecule has 1 rings (SSSR count). The summed E-state index contributed by atoms with van der Waals surface area (Å²) in [4.78, 5) is 37.8. The Kier molecular flexibility index (Phi) is 7.22. The molecule has 0 spiro atoms. The number of aliphatic hydroxyl groups is 2. The highest BCUT2D eigenvalue weighted by molar-refractivity contribution is 5.83. The number of carboxylic acids is 1. The molecule has 0 saturated heterocycles. The minimum absolute atomic E-state index is 0.0379. The van der Waals surface area contributed by atoms with Gasteiger partial charge in [-0.25, -0.2) is 14.6 Å². The molecule has 1 aromatic rings. The van der Waals surface area contributed by atoms with Crippen LogP contribution in [0.2, 0.25) is 0 Å². The number of nitrogens with two attached hydrogens (primary N) is 2. The summed E-state index contributed by atoms with van der Waals surface area (Å²) < 4.78 is 0. The summed E-state index contributed by atoms with van der Waals surface area (Å²) in [7, 11) is 0. The lowest BCUT2D eigenvalue weighted by Gasteiger charge is -2.17. The predicted octanol–water partition coefficient (Wildman–Crippen LogP) is -3.15. The Bertz CT molecular complexity index is 619. The van der Waals surface area contributed by atoms with E-state index in [-0.39, 0.29) is 18.1 Å². The minimum Gasteiger partial charge on any atom is -0.480 e. The van der Waals surface area contributed by atoms with E-state index in [9.17, 15) is 19.5 Å². The van der Waals surface area contributed by atoms with E-state index in [1.54, 1.807) is 0 Å². The molecule has 0 fully saturated rings. The molecule has 0 saturated carbocycles. The van der Waals surface area contributed by atoms with Gasteiger partial charge in [0.15, 0.2) is 11.9 Å². The quantitative estimate of drug-likeness (QED) is 0.222. The second-order valence-corrected chi connectivity index (χ2v) is 5.26. The standard InChI is InChI=1S/C12H21N7O6/c1-4(21)8(14)10-17-9(18-19-10)5(2-7(13)22)15-12(25)16-6(3-20)11(23)24/h4-6,8,20-21H,2-3,14H2,1H3,(H2,13,22)(H,23,24)(H2,15,16,25)(H,17,18,19)/t4-,5-,6-,8-/m0/s1. The van der Waals surface area contributed by atoms with Gasteiger partial charge < -0.3 is 37.4 Å². The zero-order chi connectivity index (χ0) is 19.1. The number of carboxylic acid groups (broad SMARTS) is 1. The van der Waals surface area contributed by atoms with Crippen molar-refractivity contribution >= 4 is 17.9 Å². The Balaban J connectivity index is 2.89. The highest BCUT2D eigenvalue weighted by Gasteiger charge is 2.26. The van der Waals surface area contributed by atoms with Gasteiger partial charge in [0, 0.05) is 0 Å². The third-order valence-corrected chi connectivity index (χ3v) is 3.16. The van der Waals surface area contributed by atoms with Crippen LogP contribution in [0.15, 0.2) is 0 Å². The van der Waals surface area contributed by atoms with Gasteiger partial charge in [0.05, 0.1) is 31.2 Å². The van der Waals surface area contributed by atoms with Crippen LogP contribution in [0.3, 0.4) is 0 Å². The van der Waals surface area contributed by atoms with Crippen LogP contribution in [0.25, 0.3) is 0 Å². The van der Waals surface area contributed by atoms with Crippen molar-refractivity contribution in [3.05, 3.63) is 11.6 Å². The number of aromatic nitrogens is 3. The third-order valence-electron chi connectivity index (χ3n) is 3.16. The van der Waals surface area contributed by atoms with Crippen LogP contribution in [-0.4, -0.2) is 67.2 Å². The number of hydrogen-bond donors (Lipinski definition) is 8. The molecule has 0 aliphatic carbocycles. The Morgan fingerprint density at radius 1 is 1.32 bits per heavy atom. The van der Waals surface area contributed by atoms with E-state index in [4.69, 9.17) is 21.7 Å². The number of primary amides is 1. The summed E-state index contributed by atoms with van der Waals surface area (Å²) in [5.41, 5.74) is 10.8. The molecule has 0 bridgehead atoms. The van der Waals surface area contributed by atoms with Crippen molar-refractivity contribution in [2.75, 3.05) is 6.61 Å². The molecule has 0 aliphatic heterocycles. The molecule has 140 valence electrons. The first-order valence-corrected chi connectivity index (χ1v) is 7.20. The maximum absolute atomic E-state index is 11.9. The van der Waals surface area contributed by atoms with Gasteiger partial charge in [0.25, 0.3) is 0 Å². The second-order valence-electron chi connectivity index (χ2n) is 5.26. The Hall–Kier alpha value is -2.77. The molecule has 1 heterocycles. The van der Waals surface area contributed by atoms with E-state index in [0.29, 0.717) is 0 Å². The number of aliphatic hydroxyl groups excluding tert-OH is 2. The first-order valence-electron chi connectivity index (χ1n) is 7.20. The first-order chi connectivity index (χ1) is 11.6. The Morgan fingerprint density at radius 2 is 1.96 bits per heavy atom. The molecule has 13 nitrogen and oxygen atoms in total. The van der Waals surface area contributed by atoms with Gasteiger partial charge in [0.2, 0.25) is 5.91 Å². The van der Waals surface area contributed by atoms with Gasteiger partial charge >= 0.3 is 12.0 Å². The van der Waals surface area contributed by atoms with Crippen LogP contribution in [-0.2, 0) is 9.59 Å². The van der Waals surface area contributed by atoms with Crippen molar-refractivity contribution in [1.29, 1.82) is 0 Å². The second kappa shape index (κ2) is 8.91. The zero-order valence-electron chi connectivity index (χ0n) is 13.3. The average Bonchev–Trinajstić information content (AvgIpc) is 3.00. The SMILES string of the molecule is C[C@H](O)[C@H](N)c1n[nH]c([C@H](CC(N)=O)NC(=O)N[C@@H](CO)C(=O)O)n1. The minimum atomic E-state index is -1.52. The van der Waals surface area contributed by atoms with Crippen LogP contribution >= 0.6 is 0 Å². The van der Waals surface area contributed by atoms with Gasteiger partial charge in [-0.05, 0) is 6.92 Å². The summed E-state index contributed by atoms with van der Waals surface area (Å²) >= 11 is 0. The smallest absolute Gasteiger partial charge is 0.328 e. The topological polar surface area (TPSA) is 230 Å². The molecule has 25 heavy (non-hydrogen) atoms. The molecule has 0 radical (unpaired) electrons. The number of rotatable bonds is 9. The van der Waals surface area contributed by atoms with E-state index < -0.39 is 48.7 Å². The Morgan fingerprint density at radius 3 is 2.44 bits per heavy atom. The summed E-state index contributed by atoms with van der Waals surface area (Å²) in [5, 5.41) is 37.7. The van der Waals surface area contributed by atoms with Crippen LogP contribution in [0.5, 0.6) is 0 Å². The molecule has 1 aromatic heterocycles. The van der Waals surface area contributed by atoms with Crippen molar-refractivity contribution in [2.24, 2.45) is 11.5 Å². The number of nitrogens with zero attached hydrogens (tertiary/aromatic N) is 2. The predicted molar refractivity (Wildman–Crippen MR) is 81.7 cm³/mol. The van der Waals surface area contributed by atoms with E-state index in [0.717, 1.165) is 0 Å². The number of H-pyrrole nitrogens is 1. The maximum Gasteiger partial charge on any atom is 0.328 e. The van der Waals surface area contributed by atoms with Crippen molar-refractivity contribution < 1.29 is 29.7 Å². The van der Waals surface area contributed by atoms with Crippen LogP contribution < -0.4 is 22.1 Å². The van der Waals surface area contributed by atoms with E-state index in [2.05, 4.69) is 20.5 Å². The van der Waals surface area contributed by atoms with Gasteiger partial charge in [0.1, 0.15) is 5.82 Å². The van der Waals surface area contributed by atoms with Crippen LogP contribution in [0, 0.1) is 0 Å². The van der Waals surface area contributed by atoms with E-state index in [1.807, 2.05) is 5.32 Å². The van der Waals surface area contributed by atoms with Gasteiger partial charge in [-0.2, -0.15) is 5.10 Å². The summed E-state index contributed by atoms with van der Waals surface area (Å²) in [5.74, 6) is -2.11. The molecule has 13 heteroatoms. The number of carbonyl (C=O) groups excluding carboxylic acids is 2. The molecule has 10 N–H and O–H groups in total. The fraction of sp³-hybridized carbons (Fsp3) is 0.583. The highest BCUT2D eigenvalue weighted by atomic mass is 16.4. The molecular formula is C12H21N7O6. The van der Waals surface area contributed by atoms with Crippen molar-refractivity contribution in [3.63, 3.8) is 0 Å². The molecule has 0 aromatic carbocycles. The monoisotopic (exact) mass is 359 g/mol. The molecule has 3 amide bonds. The summed E-state index contributed by atoms with van der Waals surface area (Å²) in [6.45, 7) is 0.618. The van der Waals surface area contributed by atoms with Gasteiger partial charge in [-0.3, -0.25) is 9.89 Å². The lowest BCUT2D eigenvalue weighted by molar-refractivity contribution is -0.140. The van der Waals surface area contributed by atoms with Crippen molar-refractivity contribution in [2.45, 2.75) is 37.6 Å². The first kappa shape index (κ1) is 20.3. The van der Waals surface area contributed by atoms with Crippen LogP contribution in [0.1, 0.15) is 37.1 Å². The van der Waals surface area contributed by atoms with Gasteiger partial charge in [-0.1, -0.05) is 0 Å². The summed E-state index contributed by atoms with van der Waals surface area (Å²) in [6, 6.07) is -4.43. The zero-order valence-corrected chi connectivity index (χ0v) is 13.3. The number of urea groups is 1. The van der Waals surface area contributed by atoms with Crippen molar-refractivity contribution in [1.82, 2.24) is 25.8 Å². The normalized spacial score (nSPS) is 15.7. The van der Waals surface area contributed by atoms with E-state index >= 15 is 0 Å². The number of aromatic amines is 1. The maximum atomic E-state index is 11.9. The lowest BCUT2D eigenvalue weighted by Crippen LogP contribution is -2.49. The molecule has 4 atom stereocenters. The largest absolute Gasteiger partial charge is 0.480 e. The summed E-state index contributed by atoms with van der Waals surface area (Å²) in [6.07, 6.45) is -1.29.